The lowest BCUT2D eigenvalue weighted by Crippen LogP contribution is -2.09. The molecule has 0 saturated heterocycles. The van der Waals surface area contributed by atoms with Gasteiger partial charge in [-0.25, -0.2) is 0 Å². The number of nitrogens with zero attached hydrogens (tertiary/aromatic N) is 3. The Bertz CT molecular complexity index is 1340. The molecule has 0 aliphatic rings. The van der Waals surface area contributed by atoms with Crippen molar-refractivity contribution in [3.8, 4) is 34.0 Å². The fraction of sp³-hybridized carbons (Fsp3) is 0.222. The monoisotopic (exact) mass is 507 g/mol. The molecular weight excluding hydrogens is 482 g/mol. The second-order valence-electron chi connectivity index (χ2n) is 8.00. The fourth-order valence-electron chi connectivity index (χ4n) is 3.86. The lowest BCUT2D eigenvalue weighted by atomic mass is 10.1. The van der Waals surface area contributed by atoms with Gasteiger partial charge >= 0.3 is 5.82 Å². The van der Waals surface area contributed by atoms with Gasteiger partial charge in [0.05, 0.1) is 25.5 Å². The van der Waals surface area contributed by atoms with E-state index in [9.17, 15) is 10.1 Å². The molecule has 4 rings (SSSR count). The van der Waals surface area contributed by atoms with Crippen molar-refractivity contribution in [2.75, 3.05) is 19.8 Å². The zero-order valence-corrected chi connectivity index (χ0v) is 20.5. The van der Waals surface area contributed by atoms with Crippen molar-refractivity contribution in [2.24, 2.45) is 0 Å². The highest BCUT2D eigenvalue weighted by molar-refractivity contribution is 6.33. The Morgan fingerprint density at radius 3 is 2.42 bits per heavy atom. The Balaban J connectivity index is 1.76. The third kappa shape index (κ3) is 5.67. The predicted octanol–water partition coefficient (Wildman–Crippen LogP) is 5.99. The van der Waals surface area contributed by atoms with Crippen LogP contribution in [0.5, 0.6) is 11.5 Å². The number of ether oxygens (including phenoxy) is 2. The second-order valence-corrected chi connectivity index (χ2v) is 8.40. The summed E-state index contributed by atoms with van der Waals surface area (Å²) in [7, 11) is 0. The molecule has 0 amide bonds. The topological polar surface area (TPSA) is 99.7 Å². The van der Waals surface area contributed by atoms with Crippen LogP contribution in [0.2, 0.25) is 5.02 Å². The zero-order valence-electron chi connectivity index (χ0n) is 19.8. The van der Waals surface area contributed by atoms with E-state index in [2.05, 4.69) is 11.9 Å². The van der Waals surface area contributed by atoms with Crippen LogP contribution in [0.3, 0.4) is 0 Å². The van der Waals surface area contributed by atoms with Crippen molar-refractivity contribution >= 4 is 17.4 Å². The minimum atomic E-state index is -0.587. The molecule has 36 heavy (non-hydrogen) atoms. The van der Waals surface area contributed by atoms with Gasteiger partial charge in [0.15, 0.2) is 5.69 Å². The summed E-state index contributed by atoms with van der Waals surface area (Å²) in [4.78, 5) is 15.3. The molecule has 0 atom stereocenters. The van der Waals surface area contributed by atoms with Crippen LogP contribution in [0.4, 0.5) is 5.82 Å². The van der Waals surface area contributed by atoms with E-state index in [1.807, 2.05) is 65.2 Å². The number of benzene rings is 2. The highest BCUT2D eigenvalue weighted by Gasteiger charge is 2.21. The Hall–Kier alpha value is -3.88. The molecule has 2 aromatic carbocycles. The quantitative estimate of drug-likeness (QED) is 0.198. The highest BCUT2D eigenvalue weighted by Crippen LogP contribution is 2.35. The maximum atomic E-state index is 11.6. The summed E-state index contributed by atoms with van der Waals surface area (Å²) in [5, 5.41) is 21.2. The zero-order chi connectivity index (χ0) is 25.5. The second kappa shape index (κ2) is 11.7. The molecular formula is C27H26ClN3O5. The molecule has 0 saturated carbocycles. The number of nitro groups is 1. The molecule has 0 fully saturated rings. The Labute approximate surface area is 213 Å². The minimum Gasteiger partial charge on any atom is -0.494 e. The summed E-state index contributed by atoms with van der Waals surface area (Å²) in [5.41, 5.74) is 4.02. The van der Waals surface area contributed by atoms with Crippen LogP contribution in [0, 0.1) is 10.1 Å². The first kappa shape index (κ1) is 25.2. The minimum absolute atomic E-state index is 0.0134. The average Bonchev–Trinajstić information content (AvgIpc) is 3.30. The van der Waals surface area contributed by atoms with E-state index in [-0.39, 0.29) is 25.5 Å². The van der Waals surface area contributed by atoms with E-state index in [0.717, 1.165) is 34.7 Å². The van der Waals surface area contributed by atoms with Gasteiger partial charge in [-0.2, -0.15) is 0 Å². The Kier molecular flexibility index (Phi) is 8.20. The predicted molar refractivity (Wildman–Crippen MR) is 139 cm³/mol. The summed E-state index contributed by atoms with van der Waals surface area (Å²) < 4.78 is 13.0. The SMILES string of the molecule is CCCOc1ccc(-c2ccc(-c3ccccc3Cl)n2Cc2ccc(OCCO)c([N+](=O)[O-])n2)cc1. The first-order valence-electron chi connectivity index (χ1n) is 11.6. The van der Waals surface area contributed by atoms with Gasteiger partial charge < -0.3 is 29.3 Å². The maximum absolute atomic E-state index is 11.6. The van der Waals surface area contributed by atoms with Gasteiger partial charge in [-0.3, -0.25) is 0 Å². The third-order valence-electron chi connectivity index (χ3n) is 5.49. The van der Waals surface area contributed by atoms with Gasteiger partial charge in [0.1, 0.15) is 12.4 Å². The lowest BCUT2D eigenvalue weighted by molar-refractivity contribution is -0.390. The largest absolute Gasteiger partial charge is 0.494 e. The van der Waals surface area contributed by atoms with Crippen molar-refractivity contribution in [1.29, 1.82) is 0 Å². The van der Waals surface area contributed by atoms with Crippen LogP contribution in [0.15, 0.2) is 72.8 Å². The number of pyridine rings is 1. The van der Waals surface area contributed by atoms with Crippen LogP contribution in [-0.4, -0.2) is 39.4 Å². The van der Waals surface area contributed by atoms with E-state index in [1.165, 1.54) is 6.07 Å². The average molecular weight is 508 g/mol. The van der Waals surface area contributed by atoms with Gasteiger partial charge in [-0.05, 0) is 76.5 Å². The molecule has 9 heteroatoms. The summed E-state index contributed by atoms with van der Waals surface area (Å²) in [6.45, 7) is 2.65. The molecule has 186 valence electrons. The molecule has 0 aliphatic heterocycles. The summed E-state index contributed by atoms with van der Waals surface area (Å²) >= 11 is 6.52. The molecule has 0 aliphatic carbocycles. The maximum Gasteiger partial charge on any atom is 0.406 e. The van der Waals surface area contributed by atoms with Crippen molar-refractivity contribution in [2.45, 2.75) is 19.9 Å². The normalized spacial score (nSPS) is 10.9. The molecule has 0 radical (unpaired) electrons. The highest BCUT2D eigenvalue weighted by atomic mass is 35.5. The number of aliphatic hydroxyl groups is 1. The van der Waals surface area contributed by atoms with Crippen molar-refractivity contribution in [3.05, 3.63) is 93.6 Å². The lowest BCUT2D eigenvalue weighted by Gasteiger charge is -2.14. The first-order chi connectivity index (χ1) is 17.5. The summed E-state index contributed by atoms with van der Waals surface area (Å²) in [6, 6.07) is 22.5. The summed E-state index contributed by atoms with van der Waals surface area (Å²) in [6.07, 6.45) is 0.925. The van der Waals surface area contributed by atoms with E-state index in [0.29, 0.717) is 17.3 Å². The molecule has 8 nitrogen and oxygen atoms in total. The van der Waals surface area contributed by atoms with Crippen molar-refractivity contribution < 1.29 is 19.5 Å². The number of aromatic nitrogens is 2. The van der Waals surface area contributed by atoms with E-state index in [4.69, 9.17) is 26.2 Å². The van der Waals surface area contributed by atoms with Crippen molar-refractivity contribution in [3.63, 3.8) is 0 Å². The van der Waals surface area contributed by atoms with Gasteiger partial charge in [0, 0.05) is 16.3 Å². The molecule has 2 heterocycles. The van der Waals surface area contributed by atoms with Crippen LogP contribution < -0.4 is 9.47 Å². The number of rotatable bonds is 11. The Morgan fingerprint density at radius 2 is 1.72 bits per heavy atom. The fourth-order valence-corrected chi connectivity index (χ4v) is 4.09. The van der Waals surface area contributed by atoms with Gasteiger partial charge in [0.25, 0.3) is 0 Å². The van der Waals surface area contributed by atoms with Crippen LogP contribution in [-0.2, 0) is 6.54 Å². The Morgan fingerprint density at radius 1 is 0.972 bits per heavy atom. The third-order valence-corrected chi connectivity index (χ3v) is 5.82. The number of hydrogen-bond donors (Lipinski definition) is 1. The molecule has 4 aromatic rings. The molecule has 2 aromatic heterocycles. The van der Waals surface area contributed by atoms with Crippen molar-refractivity contribution in [1.82, 2.24) is 9.55 Å². The summed E-state index contributed by atoms with van der Waals surface area (Å²) in [5.74, 6) is 0.409. The van der Waals surface area contributed by atoms with Crippen LogP contribution in [0.1, 0.15) is 19.0 Å². The number of hydrogen-bond acceptors (Lipinski definition) is 6. The molecule has 0 bridgehead atoms. The molecule has 1 N–H and O–H groups in total. The van der Waals surface area contributed by atoms with Gasteiger partial charge in [-0.1, -0.05) is 36.7 Å². The molecule has 0 unspecified atom stereocenters. The van der Waals surface area contributed by atoms with E-state index >= 15 is 0 Å². The van der Waals surface area contributed by atoms with Crippen LogP contribution >= 0.6 is 11.6 Å². The van der Waals surface area contributed by atoms with E-state index in [1.54, 1.807) is 6.07 Å². The standard InChI is InChI=1S/C27H26ClN3O5/c1-2-16-35-21-10-7-19(8-11-21)24-12-13-25(22-5-3-4-6-23(22)28)30(24)18-20-9-14-26(36-17-15-32)27(29-20)31(33)34/h3-14,32H,2,15-18H2,1H3. The van der Waals surface area contributed by atoms with Gasteiger partial charge in [-0.15, -0.1) is 0 Å². The van der Waals surface area contributed by atoms with Crippen LogP contribution in [0.25, 0.3) is 22.5 Å². The number of halogens is 1. The first-order valence-corrected chi connectivity index (χ1v) is 11.9. The molecule has 0 spiro atoms. The number of aliphatic hydroxyl groups excluding tert-OH is 1. The smallest absolute Gasteiger partial charge is 0.406 e. The van der Waals surface area contributed by atoms with E-state index < -0.39 is 10.7 Å². The van der Waals surface area contributed by atoms with Gasteiger partial charge in [0.2, 0.25) is 5.75 Å².